The standard InChI is InChI=1S/C26H23N5O5S/c1-35-18-10-6-17(7-11-18)25(34)36-19-8-4-16(5-9-19)14-20-23(27)31-26(28-24(20)33)37-21(29-31)15-22(32)30-12-2-3-13-30/h4-11,14,27H,2-3,12-13,15H2,1H3. The molecule has 11 heteroatoms. The molecule has 0 atom stereocenters. The minimum Gasteiger partial charge on any atom is -0.497 e. The number of nitrogens with zero attached hydrogens (tertiary/aromatic N) is 4. The first-order chi connectivity index (χ1) is 17.9. The van der Waals surface area contributed by atoms with Gasteiger partial charge in [-0.05, 0) is 72.6 Å². The first-order valence-electron chi connectivity index (χ1n) is 11.6. The Balaban J connectivity index is 1.26. The highest BCUT2D eigenvalue weighted by Gasteiger charge is 2.36. The van der Waals surface area contributed by atoms with Gasteiger partial charge in [0.15, 0.2) is 5.84 Å². The van der Waals surface area contributed by atoms with Crippen molar-refractivity contribution in [2.45, 2.75) is 19.3 Å². The fraction of sp³-hybridized carbons (Fsp3) is 0.231. The van der Waals surface area contributed by atoms with Gasteiger partial charge < -0.3 is 14.4 Å². The molecular weight excluding hydrogens is 494 g/mol. The Bertz CT molecular complexity index is 1360. The van der Waals surface area contributed by atoms with E-state index in [2.05, 4.69) is 10.1 Å². The van der Waals surface area contributed by atoms with Crippen molar-refractivity contribution < 1.29 is 23.9 Å². The third-order valence-electron chi connectivity index (χ3n) is 5.98. The van der Waals surface area contributed by atoms with Gasteiger partial charge in [0.05, 0.1) is 24.7 Å². The van der Waals surface area contributed by atoms with Crippen molar-refractivity contribution in [3.63, 3.8) is 0 Å². The van der Waals surface area contributed by atoms with Crippen LogP contribution < -0.4 is 9.47 Å². The van der Waals surface area contributed by atoms with Crippen molar-refractivity contribution in [1.29, 1.82) is 5.41 Å². The SMILES string of the molecule is COc1ccc(C(=O)Oc2ccc(C=C3C(=N)N4N=C(CC(=O)N5CCCC5)SC4=NC3=O)cc2)cc1. The number of amides is 2. The lowest BCUT2D eigenvalue weighted by Gasteiger charge is -2.20. The van der Waals surface area contributed by atoms with Crippen LogP contribution in [0.3, 0.4) is 0 Å². The van der Waals surface area contributed by atoms with Crippen molar-refractivity contribution >= 4 is 51.7 Å². The monoisotopic (exact) mass is 517 g/mol. The van der Waals surface area contributed by atoms with E-state index in [0.29, 0.717) is 27.7 Å². The van der Waals surface area contributed by atoms with Gasteiger partial charge in [-0.1, -0.05) is 12.1 Å². The summed E-state index contributed by atoms with van der Waals surface area (Å²) in [6.07, 6.45) is 3.66. The van der Waals surface area contributed by atoms with E-state index in [4.69, 9.17) is 14.9 Å². The number of thioether (sulfide) groups is 1. The number of hydrogen-bond donors (Lipinski definition) is 1. The predicted molar refractivity (Wildman–Crippen MR) is 140 cm³/mol. The molecular formula is C26H23N5O5S. The smallest absolute Gasteiger partial charge is 0.343 e. The van der Waals surface area contributed by atoms with Gasteiger partial charge in [-0.3, -0.25) is 15.0 Å². The molecule has 0 unspecified atom stereocenters. The number of ether oxygens (including phenoxy) is 2. The number of nitrogens with one attached hydrogen (secondary N) is 1. The van der Waals surface area contributed by atoms with Crippen LogP contribution in [-0.4, -0.2) is 63.9 Å². The van der Waals surface area contributed by atoms with Gasteiger partial charge >= 0.3 is 5.97 Å². The van der Waals surface area contributed by atoms with E-state index in [9.17, 15) is 14.4 Å². The topological polar surface area (TPSA) is 125 Å². The molecule has 2 aromatic carbocycles. The van der Waals surface area contributed by atoms with E-state index in [1.54, 1.807) is 55.6 Å². The van der Waals surface area contributed by atoms with Gasteiger partial charge in [0.25, 0.3) is 5.91 Å². The van der Waals surface area contributed by atoms with Gasteiger partial charge in [0.2, 0.25) is 11.1 Å². The summed E-state index contributed by atoms with van der Waals surface area (Å²) in [5.41, 5.74) is 1.08. The van der Waals surface area contributed by atoms with E-state index in [1.807, 2.05) is 4.90 Å². The number of fused-ring (bicyclic) bond motifs is 1. The largest absolute Gasteiger partial charge is 0.497 e. The minimum atomic E-state index is -0.555. The van der Waals surface area contributed by atoms with Crippen molar-refractivity contribution in [2.24, 2.45) is 10.1 Å². The molecule has 0 aliphatic carbocycles. The van der Waals surface area contributed by atoms with Crippen LogP contribution in [0, 0.1) is 5.41 Å². The number of methoxy groups -OCH3 is 1. The van der Waals surface area contributed by atoms with E-state index in [1.165, 1.54) is 11.1 Å². The van der Waals surface area contributed by atoms with Crippen LogP contribution in [0.5, 0.6) is 11.5 Å². The second-order valence-electron chi connectivity index (χ2n) is 8.47. The second kappa shape index (κ2) is 10.4. The summed E-state index contributed by atoms with van der Waals surface area (Å²) in [6, 6.07) is 13.1. The summed E-state index contributed by atoms with van der Waals surface area (Å²) in [6.45, 7) is 1.50. The van der Waals surface area contributed by atoms with E-state index >= 15 is 0 Å². The Morgan fingerprint density at radius 3 is 2.41 bits per heavy atom. The zero-order chi connectivity index (χ0) is 25.9. The Kier molecular flexibility index (Phi) is 6.87. The van der Waals surface area contributed by atoms with Crippen LogP contribution in [0.25, 0.3) is 6.08 Å². The summed E-state index contributed by atoms with van der Waals surface area (Å²) in [7, 11) is 1.55. The molecule has 0 bridgehead atoms. The number of hydrazone groups is 1. The van der Waals surface area contributed by atoms with Crippen LogP contribution in [-0.2, 0) is 9.59 Å². The highest BCUT2D eigenvalue weighted by atomic mass is 32.2. The quantitative estimate of drug-likeness (QED) is 0.353. The first kappa shape index (κ1) is 24.4. The molecule has 1 fully saturated rings. The third-order valence-corrected chi connectivity index (χ3v) is 6.89. The maximum Gasteiger partial charge on any atom is 0.343 e. The molecule has 0 saturated carbocycles. The maximum absolute atomic E-state index is 12.7. The summed E-state index contributed by atoms with van der Waals surface area (Å²) < 4.78 is 10.5. The summed E-state index contributed by atoms with van der Waals surface area (Å²) in [5.74, 6) is -0.213. The van der Waals surface area contributed by atoms with Crippen molar-refractivity contribution in [1.82, 2.24) is 9.91 Å². The molecule has 0 aromatic heterocycles. The van der Waals surface area contributed by atoms with Crippen LogP contribution in [0.15, 0.2) is 64.2 Å². The number of aliphatic imine (C=N–C) groups is 1. The molecule has 10 nitrogen and oxygen atoms in total. The van der Waals surface area contributed by atoms with Gasteiger partial charge in [0, 0.05) is 13.1 Å². The predicted octanol–water partition coefficient (Wildman–Crippen LogP) is 3.55. The molecule has 2 aromatic rings. The zero-order valence-corrected chi connectivity index (χ0v) is 20.8. The van der Waals surface area contributed by atoms with E-state index in [-0.39, 0.29) is 28.9 Å². The lowest BCUT2D eigenvalue weighted by molar-refractivity contribution is -0.128. The maximum atomic E-state index is 12.7. The fourth-order valence-corrected chi connectivity index (χ4v) is 4.88. The van der Waals surface area contributed by atoms with Gasteiger partial charge in [0.1, 0.15) is 16.5 Å². The van der Waals surface area contributed by atoms with Gasteiger partial charge in [-0.2, -0.15) is 15.1 Å². The number of likely N-dealkylation sites (tertiary alicyclic amines) is 1. The number of carbonyl (C=O) groups is 3. The Morgan fingerprint density at radius 1 is 1.05 bits per heavy atom. The van der Waals surface area contributed by atoms with Crippen LogP contribution in [0.1, 0.15) is 35.2 Å². The number of hydrogen-bond acceptors (Lipinski definition) is 8. The van der Waals surface area contributed by atoms with Gasteiger partial charge in [-0.25, -0.2) is 4.79 Å². The normalized spacial score (nSPS) is 18.0. The molecule has 0 spiro atoms. The molecule has 2 amide bonds. The molecule has 3 aliphatic rings. The Morgan fingerprint density at radius 2 is 1.73 bits per heavy atom. The highest BCUT2D eigenvalue weighted by Crippen LogP contribution is 2.30. The molecule has 37 heavy (non-hydrogen) atoms. The van der Waals surface area contributed by atoms with E-state index < -0.39 is 11.9 Å². The van der Waals surface area contributed by atoms with Gasteiger partial charge in [-0.15, -0.1) is 0 Å². The van der Waals surface area contributed by atoms with Crippen molar-refractivity contribution in [2.75, 3.05) is 20.2 Å². The summed E-state index contributed by atoms with van der Waals surface area (Å²) in [4.78, 5) is 43.4. The Hall–Kier alpha value is -4.25. The molecule has 1 saturated heterocycles. The molecule has 0 radical (unpaired) electrons. The summed E-state index contributed by atoms with van der Waals surface area (Å²) in [5, 5.41) is 15.0. The average Bonchev–Trinajstić information content (AvgIpc) is 3.58. The average molecular weight is 518 g/mol. The van der Waals surface area contributed by atoms with Crippen LogP contribution >= 0.6 is 11.8 Å². The second-order valence-corrected chi connectivity index (χ2v) is 9.51. The molecule has 1 N–H and O–H groups in total. The lowest BCUT2D eigenvalue weighted by Crippen LogP contribution is -2.35. The zero-order valence-electron chi connectivity index (χ0n) is 20.0. The Labute approximate surface area is 217 Å². The van der Waals surface area contributed by atoms with Crippen LogP contribution in [0.2, 0.25) is 0 Å². The highest BCUT2D eigenvalue weighted by molar-refractivity contribution is 8.27. The molecule has 188 valence electrons. The fourth-order valence-electron chi connectivity index (χ4n) is 4.00. The van der Waals surface area contributed by atoms with Crippen molar-refractivity contribution in [3.05, 3.63) is 65.2 Å². The molecule has 3 heterocycles. The van der Waals surface area contributed by atoms with E-state index in [0.717, 1.165) is 37.7 Å². The third kappa shape index (κ3) is 5.31. The lowest BCUT2D eigenvalue weighted by atomic mass is 10.1. The summed E-state index contributed by atoms with van der Waals surface area (Å²) >= 11 is 1.14. The number of benzene rings is 2. The molecule has 5 rings (SSSR count). The number of esters is 1. The van der Waals surface area contributed by atoms with Crippen LogP contribution in [0.4, 0.5) is 0 Å². The van der Waals surface area contributed by atoms with Crippen molar-refractivity contribution in [3.8, 4) is 11.5 Å². The first-order valence-corrected chi connectivity index (χ1v) is 12.5. The molecule has 3 aliphatic heterocycles. The number of carbonyl (C=O) groups excluding carboxylic acids is 3. The number of amidine groups is 2. The minimum absolute atomic E-state index is 0.00870. The number of rotatable bonds is 6.